The second-order valence-electron chi connectivity index (χ2n) is 5.33. The number of aromatic nitrogens is 1. The Hall–Kier alpha value is -2.18. The van der Waals surface area contributed by atoms with E-state index in [2.05, 4.69) is 26.6 Å². The number of hydrogen-bond acceptors (Lipinski definition) is 4. The molecule has 0 radical (unpaired) electrons. The van der Waals surface area contributed by atoms with Crippen molar-refractivity contribution in [1.82, 2.24) is 15.2 Å². The van der Waals surface area contributed by atoms with Gasteiger partial charge in [0.2, 0.25) is 0 Å². The molecule has 1 unspecified atom stereocenters. The maximum absolute atomic E-state index is 5.36. The van der Waals surface area contributed by atoms with E-state index >= 15 is 0 Å². The smallest absolute Gasteiger partial charge is 0.170 e. The number of rotatable bonds is 6. The zero-order valence-corrected chi connectivity index (χ0v) is 14.4. The fraction of sp³-hybridized carbons (Fsp3) is 0.294. The van der Waals surface area contributed by atoms with Crippen molar-refractivity contribution in [2.24, 2.45) is 0 Å². The Balaban J connectivity index is 1.91. The third-order valence-electron chi connectivity index (χ3n) is 3.50. The van der Waals surface area contributed by atoms with Crippen LogP contribution in [0, 0.1) is 0 Å². The van der Waals surface area contributed by atoms with Crippen LogP contribution in [0.4, 0.5) is 5.69 Å². The molecule has 1 aromatic heterocycles. The van der Waals surface area contributed by atoms with E-state index in [0.29, 0.717) is 11.7 Å². The van der Waals surface area contributed by atoms with Gasteiger partial charge < -0.3 is 20.3 Å². The van der Waals surface area contributed by atoms with Crippen molar-refractivity contribution < 1.29 is 4.74 Å². The lowest BCUT2D eigenvalue weighted by atomic mass is 10.1. The number of nitrogens with one attached hydrogen (secondary N) is 2. The SMILES string of the molecule is COc1ccc(NC(=S)NCC(c2cccnc2)N(C)C)cc1. The average molecular weight is 330 g/mol. The first-order valence-corrected chi connectivity index (χ1v) is 7.76. The van der Waals surface area contributed by atoms with Gasteiger partial charge in [0.25, 0.3) is 0 Å². The van der Waals surface area contributed by atoms with Gasteiger partial charge in [-0.3, -0.25) is 4.98 Å². The summed E-state index contributed by atoms with van der Waals surface area (Å²) >= 11 is 5.36. The summed E-state index contributed by atoms with van der Waals surface area (Å²) in [6, 6.07) is 11.8. The molecule has 0 spiro atoms. The van der Waals surface area contributed by atoms with E-state index < -0.39 is 0 Å². The molecule has 5 nitrogen and oxygen atoms in total. The maximum atomic E-state index is 5.36. The molecule has 0 saturated carbocycles. The molecule has 1 atom stereocenters. The molecule has 1 aromatic carbocycles. The second kappa shape index (κ2) is 8.45. The molecule has 122 valence electrons. The van der Waals surface area contributed by atoms with Gasteiger partial charge in [-0.05, 0) is 62.2 Å². The number of benzene rings is 1. The lowest BCUT2D eigenvalue weighted by molar-refractivity contribution is 0.298. The Morgan fingerprint density at radius 1 is 1.26 bits per heavy atom. The third kappa shape index (κ3) is 5.19. The summed E-state index contributed by atoms with van der Waals surface area (Å²) in [5.74, 6) is 0.818. The van der Waals surface area contributed by atoms with Gasteiger partial charge in [0.15, 0.2) is 5.11 Å². The Morgan fingerprint density at radius 3 is 2.57 bits per heavy atom. The van der Waals surface area contributed by atoms with Crippen LogP contribution in [-0.2, 0) is 0 Å². The predicted molar refractivity (Wildman–Crippen MR) is 97.9 cm³/mol. The lowest BCUT2D eigenvalue weighted by Gasteiger charge is -2.25. The summed E-state index contributed by atoms with van der Waals surface area (Å²) in [4.78, 5) is 6.32. The molecule has 2 N–H and O–H groups in total. The molecule has 0 aliphatic carbocycles. The highest BCUT2D eigenvalue weighted by atomic mass is 32.1. The van der Waals surface area contributed by atoms with Crippen molar-refractivity contribution in [2.75, 3.05) is 33.1 Å². The van der Waals surface area contributed by atoms with Crippen molar-refractivity contribution in [3.63, 3.8) is 0 Å². The van der Waals surface area contributed by atoms with Gasteiger partial charge in [-0.1, -0.05) is 6.07 Å². The molecule has 0 aliphatic rings. The van der Waals surface area contributed by atoms with Gasteiger partial charge in [0, 0.05) is 24.6 Å². The van der Waals surface area contributed by atoms with Gasteiger partial charge in [0.1, 0.15) is 5.75 Å². The van der Waals surface area contributed by atoms with E-state index in [9.17, 15) is 0 Å². The van der Waals surface area contributed by atoms with E-state index in [0.717, 1.165) is 17.0 Å². The number of pyridine rings is 1. The van der Waals surface area contributed by atoms with E-state index in [1.165, 1.54) is 0 Å². The molecule has 23 heavy (non-hydrogen) atoms. The molecule has 0 aliphatic heterocycles. The van der Waals surface area contributed by atoms with Crippen molar-refractivity contribution in [1.29, 1.82) is 0 Å². The van der Waals surface area contributed by atoms with E-state index in [-0.39, 0.29) is 6.04 Å². The van der Waals surface area contributed by atoms with Gasteiger partial charge in [0.05, 0.1) is 13.2 Å². The topological polar surface area (TPSA) is 49.4 Å². The van der Waals surface area contributed by atoms with Crippen LogP contribution in [0.3, 0.4) is 0 Å². The van der Waals surface area contributed by atoms with Crippen molar-refractivity contribution in [3.8, 4) is 5.75 Å². The number of likely N-dealkylation sites (N-methyl/N-ethyl adjacent to an activating group) is 1. The number of methoxy groups -OCH3 is 1. The molecule has 2 rings (SSSR count). The molecule has 0 saturated heterocycles. The summed E-state index contributed by atoms with van der Waals surface area (Å²) in [6.07, 6.45) is 3.66. The summed E-state index contributed by atoms with van der Waals surface area (Å²) < 4.78 is 5.14. The average Bonchev–Trinajstić information content (AvgIpc) is 2.56. The third-order valence-corrected chi connectivity index (χ3v) is 3.74. The fourth-order valence-corrected chi connectivity index (χ4v) is 2.41. The van der Waals surface area contributed by atoms with Crippen LogP contribution in [0.5, 0.6) is 5.75 Å². The zero-order valence-electron chi connectivity index (χ0n) is 13.6. The van der Waals surface area contributed by atoms with Crippen LogP contribution in [0.15, 0.2) is 48.8 Å². The van der Waals surface area contributed by atoms with Gasteiger partial charge in [-0.2, -0.15) is 0 Å². The first-order chi connectivity index (χ1) is 11.1. The highest BCUT2D eigenvalue weighted by Crippen LogP contribution is 2.17. The minimum Gasteiger partial charge on any atom is -0.497 e. The van der Waals surface area contributed by atoms with Gasteiger partial charge >= 0.3 is 0 Å². The van der Waals surface area contributed by atoms with E-state index in [1.54, 1.807) is 13.3 Å². The van der Waals surface area contributed by atoms with Crippen LogP contribution >= 0.6 is 12.2 Å². The minimum absolute atomic E-state index is 0.194. The summed E-state index contributed by atoms with van der Waals surface area (Å²) in [5.41, 5.74) is 2.07. The molecular weight excluding hydrogens is 308 g/mol. The summed E-state index contributed by atoms with van der Waals surface area (Å²) in [5, 5.41) is 7.02. The molecule has 1 heterocycles. The van der Waals surface area contributed by atoms with E-state index in [1.807, 2.05) is 50.6 Å². The van der Waals surface area contributed by atoms with Crippen LogP contribution in [0.1, 0.15) is 11.6 Å². The Kier molecular flexibility index (Phi) is 6.31. The normalized spacial score (nSPS) is 11.8. The minimum atomic E-state index is 0.194. The van der Waals surface area contributed by atoms with Gasteiger partial charge in [-0.25, -0.2) is 0 Å². The largest absolute Gasteiger partial charge is 0.497 e. The molecule has 0 fully saturated rings. The van der Waals surface area contributed by atoms with Crippen LogP contribution in [0.2, 0.25) is 0 Å². The number of nitrogens with zero attached hydrogens (tertiary/aromatic N) is 2. The van der Waals surface area contributed by atoms with Crippen LogP contribution < -0.4 is 15.4 Å². The van der Waals surface area contributed by atoms with Crippen LogP contribution in [0.25, 0.3) is 0 Å². The molecule has 0 bridgehead atoms. The Bertz CT molecular complexity index is 616. The number of thiocarbonyl (C=S) groups is 1. The quantitative estimate of drug-likeness (QED) is 0.794. The zero-order chi connectivity index (χ0) is 16.7. The summed E-state index contributed by atoms with van der Waals surface area (Å²) in [6.45, 7) is 0.695. The van der Waals surface area contributed by atoms with E-state index in [4.69, 9.17) is 17.0 Å². The fourth-order valence-electron chi connectivity index (χ4n) is 2.21. The molecule has 6 heteroatoms. The second-order valence-corrected chi connectivity index (χ2v) is 5.74. The van der Waals surface area contributed by atoms with Crippen LogP contribution in [-0.4, -0.2) is 42.7 Å². The van der Waals surface area contributed by atoms with Crippen molar-refractivity contribution >= 4 is 23.0 Å². The standard InChI is InChI=1S/C17H22N4OS/c1-21(2)16(13-5-4-10-18-11-13)12-19-17(23)20-14-6-8-15(22-3)9-7-14/h4-11,16H,12H2,1-3H3,(H2,19,20,23). The maximum Gasteiger partial charge on any atom is 0.170 e. The molecule has 0 amide bonds. The number of hydrogen-bond donors (Lipinski definition) is 2. The Morgan fingerprint density at radius 2 is 2.00 bits per heavy atom. The number of ether oxygens (including phenoxy) is 1. The molecule has 2 aromatic rings. The van der Waals surface area contributed by atoms with Crippen molar-refractivity contribution in [2.45, 2.75) is 6.04 Å². The first-order valence-electron chi connectivity index (χ1n) is 7.35. The monoisotopic (exact) mass is 330 g/mol. The highest BCUT2D eigenvalue weighted by molar-refractivity contribution is 7.80. The van der Waals surface area contributed by atoms with Gasteiger partial charge in [-0.15, -0.1) is 0 Å². The summed E-state index contributed by atoms with van der Waals surface area (Å²) in [7, 11) is 5.73. The lowest BCUT2D eigenvalue weighted by Crippen LogP contribution is -2.36. The first kappa shape index (κ1) is 17.2. The molecular formula is C17H22N4OS. The number of anilines is 1. The highest BCUT2D eigenvalue weighted by Gasteiger charge is 2.14. The Labute approximate surface area is 142 Å². The predicted octanol–water partition coefficient (Wildman–Crippen LogP) is 2.68. The van der Waals surface area contributed by atoms with Crippen molar-refractivity contribution in [3.05, 3.63) is 54.4 Å².